The number of fused-ring (bicyclic) bond motifs is 1. The van der Waals surface area contributed by atoms with Gasteiger partial charge in [-0.2, -0.15) is 0 Å². The normalized spacial score (nSPS) is 10.9. The largest absolute Gasteiger partial charge is 0.338 e. The van der Waals surface area contributed by atoms with E-state index in [1.54, 1.807) is 6.92 Å². The maximum absolute atomic E-state index is 12.0. The average molecular weight is 235 g/mol. The highest BCUT2D eigenvalue weighted by Gasteiger charge is 2.13. The molecule has 90 valence electrons. The number of aromatic amines is 1. The van der Waals surface area contributed by atoms with Gasteiger partial charge in [0.2, 0.25) is 0 Å². The van der Waals surface area contributed by atoms with Gasteiger partial charge in [0.1, 0.15) is 5.65 Å². The van der Waals surface area contributed by atoms with Crippen LogP contribution in [0.25, 0.3) is 11.0 Å². The molecular weight excluding hydrogens is 222 g/mol. The molecule has 0 bridgehead atoms. The summed E-state index contributed by atoms with van der Waals surface area (Å²) in [5.74, 6) is 0. The zero-order valence-corrected chi connectivity index (χ0v) is 9.69. The third-order valence-corrected chi connectivity index (χ3v) is 2.78. The van der Waals surface area contributed by atoms with Crippen LogP contribution in [0.4, 0.5) is 0 Å². The Hall–Kier alpha value is -2.11. The molecule has 0 saturated carbocycles. The van der Waals surface area contributed by atoms with E-state index in [2.05, 4.69) is 4.98 Å². The van der Waals surface area contributed by atoms with Crippen LogP contribution >= 0.6 is 0 Å². The summed E-state index contributed by atoms with van der Waals surface area (Å²) in [7, 11) is 0. The van der Waals surface area contributed by atoms with Crippen molar-refractivity contribution in [1.82, 2.24) is 14.1 Å². The van der Waals surface area contributed by atoms with Crippen LogP contribution < -0.4 is 11.2 Å². The standard InChI is InChI=1S/C11H13N3O3/c1-3-13-9-8(5-7(6-15)12-9)10(16)14(4-2)11(13)17/h5-6,12H,3-4H2,1-2H3. The fourth-order valence-electron chi connectivity index (χ4n) is 1.95. The fraction of sp³-hybridized carbons (Fsp3) is 0.364. The van der Waals surface area contributed by atoms with E-state index in [9.17, 15) is 14.4 Å². The Morgan fingerprint density at radius 2 is 1.88 bits per heavy atom. The van der Waals surface area contributed by atoms with E-state index in [0.29, 0.717) is 36.1 Å². The predicted molar refractivity (Wildman–Crippen MR) is 63.6 cm³/mol. The van der Waals surface area contributed by atoms with Gasteiger partial charge < -0.3 is 4.98 Å². The highest BCUT2D eigenvalue weighted by molar-refractivity contribution is 5.85. The molecular formula is C11H13N3O3. The van der Waals surface area contributed by atoms with Crippen molar-refractivity contribution in [3.63, 3.8) is 0 Å². The molecule has 0 saturated heterocycles. The third kappa shape index (κ3) is 1.52. The Labute approximate surface area is 96.5 Å². The van der Waals surface area contributed by atoms with E-state index in [0.717, 1.165) is 4.57 Å². The zero-order chi connectivity index (χ0) is 12.6. The molecule has 0 radical (unpaired) electrons. The molecule has 0 fully saturated rings. The first kappa shape index (κ1) is 11.4. The first-order valence-electron chi connectivity index (χ1n) is 5.45. The van der Waals surface area contributed by atoms with Gasteiger partial charge in [0, 0.05) is 13.1 Å². The van der Waals surface area contributed by atoms with E-state index < -0.39 is 0 Å². The predicted octanol–water partition coefficient (Wildman–Crippen LogP) is 0.344. The third-order valence-electron chi connectivity index (χ3n) is 2.78. The minimum atomic E-state index is -0.360. The van der Waals surface area contributed by atoms with E-state index in [1.165, 1.54) is 10.6 Å². The monoisotopic (exact) mass is 235 g/mol. The molecule has 0 amide bonds. The molecule has 2 aromatic heterocycles. The highest BCUT2D eigenvalue weighted by atomic mass is 16.2. The minimum Gasteiger partial charge on any atom is -0.338 e. The van der Waals surface area contributed by atoms with Gasteiger partial charge >= 0.3 is 5.69 Å². The topological polar surface area (TPSA) is 76.9 Å². The maximum Gasteiger partial charge on any atom is 0.332 e. The van der Waals surface area contributed by atoms with Crippen molar-refractivity contribution >= 4 is 17.3 Å². The summed E-state index contributed by atoms with van der Waals surface area (Å²) in [4.78, 5) is 37.5. The lowest BCUT2D eigenvalue weighted by Gasteiger charge is -2.07. The molecule has 0 unspecified atom stereocenters. The first-order chi connectivity index (χ1) is 8.13. The summed E-state index contributed by atoms with van der Waals surface area (Å²) in [5.41, 5.74) is -0.00444. The molecule has 0 aliphatic carbocycles. The van der Waals surface area contributed by atoms with Crippen LogP contribution in [0.3, 0.4) is 0 Å². The van der Waals surface area contributed by atoms with Crippen molar-refractivity contribution in [1.29, 1.82) is 0 Å². The molecule has 1 N–H and O–H groups in total. The number of carbonyl (C=O) groups is 1. The fourth-order valence-corrected chi connectivity index (χ4v) is 1.95. The zero-order valence-electron chi connectivity index (χ0n) is 9.69. The molecule has 17 heavy (non-hydrogen) atoms. The number of aryl methyl sites for hydroxylation is 1. The van der Waals surface area contributed by atoms with Gasteiger partial charge in [0.05, 0.1) is 11.1 Å². The van der Waals surface area contributed by atoms with Crippen LogP contribution in [0.5, 0.6) is 0 Å². The summed E-state index contributed by atoms with van der Waals surface area (Å²) in [6, 6.07) is 1.47. The van der Waals surface area contributed by atoms with Crippen LogP contribution in [0.2, 0.25) is 0 Å². The van der Waals surface area contributed by atoms with Gasteiger partial charge in [0.25, 0.3) is 5.56 Å². The smallest absolute Gasteiger partial charge is 0.332 e. The summed E-state index contributed by atoms with van der Waals surface area (Å²) in [6.07, 6.45) is 0.625. The summed E-state index contributed by atoms with van der Waals surface area (Å²) in [5, 5.41) is 0.371. The van der Waals surface area contributed by atoms with Crippen LogP contribution in [0.15, 0.2) is 15.7 Å². The number of rotatable bonds is 3. The highest BCUT2D eigenvalue weighted by Crippen LogP contribution is 2.08. The van der Waals surface area contributed by atoms with Crippen molar-refractivity contribution < 1.29 is 4.79 Å². The molecule has 0 aliphatic heterocycles. The van der Waals surface area contributed by atoms with Crippen LogP contribution in [-0.4, -0.2) is 20.4 Å². The lowest BCUT2D eigenvalue weighted by Crippen LogP contribution is -2.39. The van der Waals surface area contributed by atoms with Gasteiger partial charge in [0.15, 0.2) is 6.29 Å². The lowest BCUT2D eigenvalue weighted by atomic mass is 10.3. The van der Waals surface area contributed by atoms with Gasteiger partial charge in [-0.05, 0) is 19.9 Å². The molecule has 6 nitrogen and oxygen atoms in total. The Kier molecular flexibility index (Phi) is 2.71. The number of aromatic nitrogens is 3. The molecule has 0 spiro atoms. The van der Waals surface area contributed by atoms with Crippen LogP contribution in [0.1, 0.15) is 24.3 Å². The van der Waals surface area contributed by atoms with Crippen molar-refractivity contribution in [3.8, 4) is 0 Å². The molecule has 6 heteroatoms. The number of hydrogen-bond donors (Lipinski definition) is 1. The lowest BCUT2D eigenvalue weighted by molar-refractivity contribution is 0.111. The molecule has 0 atom stereocenters. The second-order valence-corrected chi connectivity index (χ2v) is 3.68. The van der Waals surface area contributed by atoms with Crippen molar-refractivity contribution in [2.75, 3.05) is 0 Å². The number of nitrogens with zero attached hydrogens (tertiary/aromatic N) is 2. The first-order valence-corrected chi connectivity index (χ1v) is 5.45. The van der Waals surface area contributed by atoms with E-state index in [1.807, 2.05) is 6.92 Å². The van der Waals surface area contributed by atoms with Crippen LogP contribution in [-0.2, 0) is 13.1 Å². The van der Waals surface area contributed by atoms with Crippen molar-refractivity contribution in [2.45, 2.75) is 26.9 Å². The van der Waals surface area contributed by atoms with E-state index in [4.69, 9.17) is 0 Å². The van der Waals surface area contributed by atoms with E-state index >= 15 is 0 Å². The molecule has 0 aliphatic rings. The van der Waals surface area contributed by atoms with Gasteiger partial charge in [-0.25, -0.2) is 4.79 Å². The second-order valence-electron chi connectivity index (χ2n) is 3.68. The summed E-state index contributed by atoms with van der Waals surface area (Å²) < 4.78 is 2.61. The van der Waals surface area contributed by atoms with Gasteiger partial charge in [-0.3, -0.25) is 18.7 Å². The van der Waals surface area contributed by atoms with Gasteiger partial charge in [-0.1, -0.05) is 0 Å². The minimum absolute atomic E-state index is 0.299. The second kappa shape index (κ2) is 4.04. The number of carbonyl (C=O) groups excluding carboxylic acids is 1. The Morgan fingerprint density at radius 1 is 1.24 bits per heavy atom. The Balaban J connectivity index is 3.03. The number of hydrogen-bond acceptors (Lipinski definition) is 3. The molecule has 2 aromatic rings. The maximum atomic E-state index is 12.0. The summed E-state index contributed by atoms with van der Waals surface area (Å²) >= 11 is 0. The Bertz CT molecular complexity index is 690. The van der Waals surface area contributed by atoms with Crippen molar-refractivity contribution in [3.05, 3.63) is 32.6 Å². The quantitative estimate of drug-likeness (QED) is 0.779. The number of aldehydes is 1. The summed E-state index contributed by atoms with van der Waals surface area (Å²) in [6.45, 7) is 4.30. The molecule has 2 heterocycles. The van der Waals surface area contributed by atoms with E-state index in [-0.39, 0.29) is 11.2 Å². The average Bonchev–Trinajstić information content (AvgIpc) is 2.74. The SMILES string of the molecule is CCn1c(=O)c2cc(C=O)[nH]c2n(CC)c1=O. The molecule has 2 rings (SSSR count). The molecule has 0 aromatic carbocycles. The van der Waals surface area contributed by atoms with Crippen molar-refractivity contribution in [2.24, 2.45) is 0 Å². The number of H-pyrrole nitrogens is 1. The number of nitrogens with one attached hydrogen (secondary N) is 1. The Morgan fingerprint density at radius 3 is 2.41 bits per heavy atom. The van der Waals surface area contributed by atoms with Crippen LogP contribution in [0, 0.1) is 0 Å². The van der Waals surface area contributed by atoms with Gasteiger partial charge in [-0.15, -0.1) is 0 Å².